The summed E-state index contributed by atoms with van der Waals surface area (Å²) in [5, 5.41) is 141. The van der Waals surface area contributed by atoms with E-state index in [1.165, 1.54) is 0 Å². The van der Waals surface area contributed by atoms with Gasteiger partial charge in [-0.05, 0) is 0 Å². The van der Waals surface area contributed by atoms with E-state index in [2.05, 4.69) is 0 Å². The van der Waals surface area contributed by atoms with Gasteiger partial charge in [-0.15, -0.1) is 0 Å². The Morgan fingerprint density at radius 3 is 1.31 bits per heavy atom. The van der Waals surface area contributed by atoms with E-state index in [9.17, 15) is 71.5 Å². The van der Waals surface area contributed by atoms with Crippen molar-refractivity contribution in [2.45, 2.75) is 123 Å². The average Bonchev–Trinajstić information content (AvgIpc) is 3.03. The first-order valence-electron chi connectivity index (χ1n) is 14.1. The lowest BCUT2D eigenvalue weighted by atomic mass is 9.97. The Bertz CT molecular complexity index is 914. The zero-order chi connectivity index (χ0) is 33.3. The third kappa shape index (κ3) is 7.75. The van der Waals surface area contributed by atoms with Crippen molar-refractivity contribution >= 4 is 0 Å². The first kappa shape index (κ1) is 37.0. The van der Waals surface area contributed by atoms with Crippen molar-refractivity contribution < 1.29 is 105 Å². The van der Waals surface area contributed by atoms with Gasteiger partial charge in [0.2, 0.25) is 0 Å². The highest BCUT2D eigenvalue weighted by molar-refractivity contribution is 4.95. The van der Waals surface area contributed by atoms with E-state index >= 15 is 0 Å². The predicted octanol–water partition coefficient (Wildman–Crippen LogP) is -9.75. The van der Waals surface area contributed by atoms with Gasteiger partial charge < -0.3 is 105 Å². The van der Waals surface area contributed by atoms with Gasteiger partial charge in [-0.2, -0.15) is 0 Å². The fraction of sp³-hybridized carbons (Fsp3) is 1.00. The summed E-state index contributed by atoms with van der Waals surface area (Å²) in [6.07, 6.45) is -34.3. The van der Waals surface area contributed by atoms with E-state index in [0.29, 0.717) is 0 Å². The topological polar surface area (TPSA) is 348 Å². The van der Waals surface area contributed by atoms with Crippen LogP contribution in [-0.2, 0) is 33.2 Å². The van der Waals surface area contributed by atoms with Crippen LogP contribution in [0.2, 0.25) is 0 Å². The van der Waals surface area contributed by atoms with Gasteiger partial charge in [0.1, 0.15) is 97.7 Å². The van der Waals surface area contributed by atoms with Crippen LogP contribution < -0.4 is 0 Å². The second-order valence-electron chi connectivity index (χ2n) is 11.2. The van der Waals surface area contributed by atoms with Crippen molar-refractivity contribution in [2.75, 3.05) is 26.4 Å². The SMILES string of the molecule is OC[C@H]1O[C@@H](O[C@H]2[C@H](O)[C@@H](O)[C@H](OC[C@H]3O[C@H](OC[C@H]4OC(O)[C@H](O)[C@@H](O)[C@H]4O)[C@H](O)[C@@H](O)[C@@H]3O)O[C@@H]2CO)[C@H](O)[C@@H](O)[C@@H]1O. The summed E-state index contributed by atoms with van der Waals surface area (Å²) < 4.78 is 37.4. The normalized spacial score (nSPS) is 52.9. The maximum atomic E-state index is 10.7. The summed E-state index contributed by atoms with van der Waals surface area (Å²) in [6.45, 7) is -2.92. The molecule has 4 heterocycles. The van der Waals surface area contributed by atoms with E-state index in [1.54, 1.807) is 0 Å². The van der Waals surface area contributed by atoms with Crippen molar-refractivity contribution in [3.8, 4) is 0 Å². The number of hydrogen-bond donors (Lipinski definition) is 14. The van der Waals surface area contributed by atoms with Gasteiger partial charge in [-0.1, -0.05) is 0 Å². The maximum Gasteiger partial charge on any atom is 0.187 e. The Labute approximate surface area is 254 Å². The lowest BCUT2D eigenvalue weighted by molar-refractivity contribution is -0.365. The Kier molecular flexibility index (Phi) is 12.8. The Balaban J connectivity index is 1.35. The van der Waals surface area contributed by atoms with E-state index < -0.39 is 149 Å². The first-order chi connectivity index (χ1) is 21.2. The van der Waals surface area contributed by atoms with Crippen LogP contribution in [0.1, 0.15) is 0 Å². The number of ether oxygens (including phenoxy) is 7. The molecule has 0 aromatic carbocycles. The van der Waals surface area contributed by atoms with Crippen LogP contribution in [0.4, 0.5) is 0 Å². The zero-order valence-electron chi connectivity index (χ0n) is 23.5. The summed E-state index contributed by atoms with van der Waals surface area (Å²) in [6, 6.07) is 0. The van der Waals surface area contributed by atoms with Gasteiger partial charge in [0, 0.05) is 0 Å². The summed E-state index contributed by atoms with van der Waals surface area (Å²) in [5.41, 5.74) is 0. The summed E-state index contributed by atoms with van der Waals surface area (Å²) >= 11 is 0. The van der Waals surface area contributed by atoms with Crippen molar-refractivity contribution in [2.24, 2.45) is 0 Å². The summed E-state index contributed by atoms with van der Waals surface area (Å²) in [4.78, 5) is 0. The molecule has 14 N–H and O–H groups in total. The molecule has 4 saturated heterocycles. The highest BCUT2D eigenvalue weighted by Gasteiger charge is 2.52. The molecule has 0 saturated carbocycles. The Morgan fingerprint density at radius 2 is 0.778 bits per heavy atom. The highest BCUT2D eigenvalue weighted by atomic mass is 16.8. The number of aliphatic hydroxyl groups is 14. The second kappa shape index (κ2) is 15.6. The van der Waals surface area contributed by atoms with Crippen LogP contribution in [0.15, 0.2) is 0 Å². The molecule has 4 aliphatic heterocycles. The van der Waals surface area contributed by atoms with Crippen LogP contribution in [0.5, 0.6) is 0 Å². The number of hydrogen-bond acceptors (Lipinski definition) is 21. The Morgan fingerprint density at radius 1 is 0.378 bits per heavy atom. The molecule has 4 fully saturated rings. The largest absolute Gasteiger partial charge is 0.394 e. The van der Waals surface area contributed by atoms with Crippen LogP contribution >= 0.6 is 0 Å². The average molecular weight is 667 g/mol. The molecule has 20 atom stereocenters. The summed E-state index contributed by atoms with van der Waals surface area (Å²) in [5.74, 6) is 0. The third-order valence-electron chi connectivity index (χ3n) is 8.17. The van der Waals surface area contributed by atoms with E-state index in [1.807, 2.05) is 0 Å². The standard InChI is InChI=1S/C24H42O21/c25-1-5-9(27)13(31)18(36)24(42-5)45-20-6(2-26)43-23(19(37)15(20)33)40-4-8-11(29)14(32)17(35)22(44-8)39-3-7-10(28)12(30)16(34)21(38)41-7/h5-38H,1-4H2/t5-,6-,7-,8-,9-,10+,11-,12+,13+,14+,15-,16-,17-,18-,19-,20-,21?,22+,23-,24+/m1/s1. The monoisotopic (exact) mass is 666 g/mol. The number of aliphatic hydroxyl groups excluding tert-OH is 14. The molecule has 0 amide bonds. The van der Waals surface area contributed by atoms with Crippen LogP contribution in [-0.4, -0.2) is 221 Å². The lowest BCUT2D eigenvalue weighted by Gasteiger charge is -2.46. The molecule has 21 heteroatoms. The molecule has 0 bridgehead atoms. The molecule has 0 spiro atoms. The molecular formula is C24H42O21. The van der Waals surface area contributed by atoms with Crippen LogP contribution in [0.3, 0.4) is 0 Å². The van der Waals surface area contributed by atoms with E-state index in [-0.39, 0.29) is 0 Å². The molecule has 264 valence electrons. The minimum atomic E-state index is -1.91. The molecule has 4 aliphatic rings. The van der Waals surface area contributed by atoms with E-state index in [0.717, 1.165) is 0 Å². The van der Waals surface area contributed by atoms with Crippen LogP contribution in [0, 0.1) is 0 Å². The lowest BCUT2D eigenvalue weighted by Crippen LogP contribution is -2.65. The van der Waals surface area contributed by atoms with Gasteiger partial charge in [-0.3, -0.25) is 0 Å². The zero-order valence-corrected chi connectivity index (χ0v) is 23.5. The smallest absolute Gasteiger partial charge is 0.187 e. The fourth-order valence-electron chi connectivity index (χ4n) is 5.33. The predicted molar refractivity (Wildman–Crippen MR) is 134 cm³/mol. The van der Waals surface area contributed by atoms with Crippen molar-refractivity contribution in [3.05, 3.63) is 0 Å². The molecular weight excluding hydrogens is 624 g/mol. The molecule has 1 unspecified atom stereocenters. The first-order valence-corrected chi connectivity index (χ1v) is 14.1. The number of rotatable bonds is 10. The highest BCUT2D eigenvalue weighted by Crippen LogP contribution is 2.31. The summed E-state index contributed by atoms with van der Waals surface area (Å²) in [7, 11) is 0. The molecule has 0 radical (unpaired) electrons. The van der Waals surface area contributed by atoms with Gasteiger partial charge in [-0.25, -0.2) is 0 Å². The molecule has 4 rings (SSSR count). The molecule has 0 aliphatic carbocycles. The maximum absolute atomic E-state index is 10.7. The van der Waals surface area contributed by atoms with Gasteiger partial charge >= 0.3 is 0 Å². The third-order valence-corrected chi connectivity index (χ3v) is 8.17. The Hall–Kier alpha value is -0.840. The second-order valence-corrected chi connectivity index (χ2v) is 11.2. The van der Waals surface area contributed by atoms with Gasteiger partial charge in [0.15, 0.2) is 25.2 Å². The van der Waals surface area contributed by atoms with Gasteiger partial charge in [0.05, 0.1) is 26.4 Å². The fourth-order valence-corrected chi connectivity index (χ4v) is 5.33. The van der Waals surface area contributed by atoms with Crippen molar-refractivity contribution in [1.82, 2.24) is 0 Å². The molecule has 0 aromatic heterocycles. The van der Waals surface area contributed by atoms with Crippen molar-refractivity contribution in [1.29, 1.82) is 0 Å². The molecule has 21 nitrogen and oxygen atoms in total. The van der Waals surface area contributed by atoms with Crippen LogP contribution in [0.25, 0.3) is 0 Å². The minimum absolute atomic E-state index is 0.634. The van der Waals surface area contributed by atoms with Crippen molar-refractivity contribution in [3.63, 3.8) is 0 Å². The van der Waals surface area contributed by atoms with E-state index in [4.69, 9.17) is 33.2 Å². The molecule has 0 aromatic rings. The minimum Gasteiger partial charge on any atom is -0.394 e. The molecule has 45 heavy (non-hydrogen) atoms. The quantitative estimate of drug-likeness (QED) is 0.103. The van der Waals surface area contributed by atoms with Gasteiger partial charge in [0.25, 0.3) is 0 Å².